The fourth-order valence-corrected chi connectivity index (χ4v) is 3.16. The van der Waals surface area contributed by atoms with Crippen LogP contribution in [0, 0.1) is 5.82 Å². The second-order valence-electron chi connectivity index (χ2n) is 6.69. The molecule has 0 amide bonds. The van der Waals surface area contributed by atoms with E-state index in [0.29, 0.717) is 30.1 Å². The van der Waals surface area contributed by atoms with Crippen LogP contribution in [0.25, 0.3) is 0 Å². The van der Waals surface area contributed by atoms with Gasteiger partial charge in [0.05, 0.1) is 6.61 Å². The third-order valence-corrected chi connectivity index (χ3v) is 4.51. The minimum absolute atomic E-state index is 0. The molecule has 0 aliphatic carbocycles. The summed E-state index contributed by atoms with van der Waals surface area (Å²) in [5.74, 6) is 1.87. The van der Waals surface area contributed by atoms with Crippen molar-refractivity contribution in [1.82, 2.24) is 15.0 Å². The van der Waals surface area contributed by atoms with Gasteiger partial charge in [0.25, 0.3) is 0 Å². The van der Waals surface area contributed by atoms with Gasteiger partial charge in [-0.25, -0.2) is 4.39 Å². The zero-order valence-electron chi connectivity index (χ0n) is 16.6. The van der Waals surface area contributed by atoms with Gasteiger partial charge in [0.15, 0.2) is 0 Å². The van der Waals surface area contributed by atoms with E-state index < -0.39 is 0 Å². The van der Waals surface area contributed by atoms with E-state index in [0.717, 1.165) is 37.4 Å². The molecule has 158 valence electrons. The number of ether oxygens (including phenoxy) is 1. The molecule has 7 nitrogen and oxygen atoms in total. The van der Waals surface area contributed by atoms with Crippen LogP contribution in [0.15, 0.2) is 48.5 Å². The topological polar surface area (TPSA) is 75.2 Å². The lowest BCUT2D eigenvalue weighted by Crippen LogP contribution is -2.21. The van der Waals surface area contributed by atoms with Crippen molar-refractivity contribution in [2.24, 2.45) is 0 Å². The zero-order valence-corrected chi connectivity index (χ0v) is 17.5. The Bertz CT molecular complexity index is 966. The summed E-state index contributed by atoms with van der Waals surface area (Å²) in [6.07, 6.45) is 2.22. The van der Waals surface area contributed by atoms with Crippen LogP contribution < -0.4 is 20.3 Å². The van der Waals surface area contributed by atoms with Crippen molar-refractivity contribution < 1.29 is 9.13 Å². The van der Waals surface area contributed by atoms with Gasteiger partial charge in [-0.1, -0.05) is 6.07 Å². The van der Waals surface area contributed by atoms with Crippen LogP contribution in [0.3, 0.4) is 0 Å². The number of halogens is 2. The van der Waals surface area contributed by atoms with E-state index >= 15 is 0 Å². The molecule has 0 spiro atoms. The van der Waals surface area contributed by atoms with Gasteiger partial charge in [0.1, 0.15) is 11.6 Å². The number of hydrogen-bond acceptors (Lipinski definition) is 7. The first-order chi connectivity index (χ1) is 14.2. The summed E-state index contributed by atoms with van der Waals surface area (Å²) >= 11 is 0. The highest BCUT2D eigenvalue weighted by molar-refractivity contribution is 5.85. The molecule has 0 unspecified atom stereocenters. The average molecular weight is 431 g/mol. The molecule has 1 aliphatic heterocycles. The summed E-state index contributed by atoms with van der Waals surface area (Å²) in [5.41, 5.74) is 1.42. The summed E-state index contributed by atoms with van der Waals surface area (Å²) in [5, 5.41) is 6.29. The molecule has 2 aromatic carbocycles. The van der Waals surface area contributed by atoms with Crippen molar-refractivity contribution in [2.45, 2.75) is 19.8 Å². The van der Waals surface area contributed by atoms with E-state index in [4.69, 9.17) is 4.74 Å². The molecular weight excluding hydrogens is 407 g/mol. The largest absolute Gasteiger partial charge is 0.494 e. The predicted octanol–water partition coefficient (Wildman–Crippen LogP) is 4.92. The zero-order chi connectivity index (χ0) is 20.1. The number of nitrogens with zero attached hydrogens (tertiary/aromatic N) is 4. The summed E-state index contributed by atoms with van der Waals surface area (Å²) in [6, 6.07) is 13.8. The summed E-state index contributed by atoms with van der Waals surface area (Å²) in [4.78, 5) is 15.7. The highest BCUT2D eigenvalue weighted by atomic mass is 35.5. The first kappa shape index (κ1) is 21.6. The van der Waals surface area contributed by atoms with E-state index in [1.807, 2.05) is 31.2 Å². The quantitative estimate of drug-likeness (QED) is 0.551. The van der Waals surface area contributed by atoms with Gasteiger partial charge < -0.3 is 20.3 Å². The molecular formula is C21H24ClFN6O. The van der Waals surface area contributed by atoms with Gasteiger partial charge in [-0.2, -0.15) is 15.0 Å². The van der Waals surface area contributed by atoms with Crippen LogP contribution >= 0.6 is 12.4 Å². The monoisotopic (exact) mass is 430 g/mol. The van der Waals surface area contributed by atoms with E-state index in [2.05, 4.69) is 30.5 Å². The van der Waals surface area contributed by atoms with Crippen molar-refractivity contribution >= 4 is 41.6 Å². The molecule has 1 aliphatic rings. The molecule has 1 saturated heterocycles. The molecule has 4 rings (SSSR count). The third kappa shape index (κ3) is 5.48. The molecule has 2 heterocycles. The Kier molecular flexibility index (Phi) is 7.24. The maximum atomic E-state index is 13.5. The van der Waals surface area contributed by atoms with Gasteiger partial charge >= 0.3 is 0 Å². The Morgan fingerprint density at radius 3 is 2.23 bits per heavy atom. The standard InChI is InChI=1S/C21H23FN6O.ClH/c1-2-29-18-10-8-16(9-11-18)23-19-25-20(24-17-7-5-6-15(22)14-17)27-21(26-19)28-12-3-4-13-28;/h5-11,14H,2-4,12-13H2,1H3,(H2,23,24,25,26,27);1H. The number of rotatable bonds is 7. The minimum Gasteiger partial charge on any atom is -0.494 e. The first-order valence-electron chi connectivity index (χ1n) is 9.73. The molecule has 2 N–H and O–H groups in total. The first-order valence-corrected chi connectivity index (χ1v) is 9.73. The highest BCUT2D eigenvalue weighted by Gasteiger charge is 2.18. The van der Waals surface area contributed by atoms with Crippen LogP contribution in [0.2, 0.25) is 0 Å². The molecule has 9 heteroatoms. The molecule has 1 aromatic heterocycles. The van der Waals surface area contributed by atoms with Crippen molar-refractivity contribution in [3.63, 3.8) is 0 Å². The lowest BCUT2D eigenvalue weighted by atomic mass is 10.3. The third-order valence-electron chi connectivity index (χ3n) is 4.51. The van der Waals surface area contributed by atoms with Crippen LogP contribution in [0.5, 0.6) is 5.75 Å². The SMILES string of the molecule is CCOc1ccc(Nc2nc(Nc3cccc(F)c3)nc(N3CCCC3)n2)cc1.Cl. The number of hydrogen-bond donors (Lipinski definition) is 2. The molecule has 0 saturated carbocycles. The van der Waals surface area contributed by atoms with Gasteiger partial charge in [-0.05, 0) is 62.2 Å². The lowest BCUT2D eigenvalue weighted by Gasteiger charge is -2.17. The predicted molar refractivity (Wildman–Crippen MR) is 119 cm³/mol. The van der Waals surface area contributed by atoms with Gasteiger partial charge in [-0.3, -0.25) is 0 Å². The van der Waals surface area contributed by atoms with Crippen LogP contribution in [-0.4, -0.2) is 34.6 Å². The van der Waals surface area contributed by atoms with Gasteiger partial charge in [0.2, 0.25) is 17.8 Å². The van der Waals surface area contributed by atoms with Crippen LogP contribution in [-0.2, 0) is 0 Å². The minimum atomic E-state index is -0.323. The van der Waals surface area contributed by atoms with Gasteiger partial charge in [0, 0.05) is 24.5 Å². The number of aromatic nitrogens is 3. The van der Waals surface area contributed by atoms with E-state index in [-0.39, 0.29) is 18.2 Å². The summed E-state index contributed by atoms with van der Waals surface area (Å²) in [7, 11) is 0. The number of anilines is 5. The average Bonchev–Trinajstić information content (AvgIpc) is 3.25. The van der Waals surface area contributed by atoms with E-state index in [1.165, 1.54) is 12.1 Å². The van der Waals surface area contributed by atoms with E-state index in [1.54, 1.807) is 12.1 Å². The molecule has 0 radical (unpaired) electrons. The molecule has 0 atom stereocenters. The second-order valence-corrected chi connectivity index (χ2v) is 6.69. The Morgan fingerprint density at radius 2 is 1.60 bits per heavy atom. The Labute approximate surface area is 181 Å². The van der Waals surface area contributed by atoms with Crippen LogP contribution in [0.1, 0.15) is 19.8 Å². The normalized spacial score (nSPS) is 12.9. The van der Waals surface area contributed by atoms with Crippen molar-refractivity contribution in [3.05, 3.63) is 54.3 Å². The number of nitrogens with one attached hydrogen (secondary N) is 2. The molecule has 3 aromatic rings. The Morgan fingerprint density at radius 1 is 0.933 bits per heavy atom. The second kappa shape index (κ2) is 10.1. The molecule has 0 bridgehead atoms. The highest BCUT2D eigenvalue weighted by Crippen LogP contribution is 2.24. The van der Waals surface area contributed by atoms with E-state index in [9.17, 15) is 4.39 Å². The fourth-order valence-electron chi connectivity index (χ4n) is 3.16. The van der Waals surface area contributed by atoms with Crippen molar-refractivity contribution in [3.8, 4) is 5.75 Å². The smallest absolute Gasteiger partial charge is 0.233 e. The Balaban J connectivity index is 0.00000256. The Hall–Kier alpha value is -3.13. The molecule has 1 fully saturated rings. The van der Waals surface area contributed by atoms with Crippen molar-refractivity contribution in [2.75, 3.05) is 35.2 Å². The van der Waals surface area contributed by atoms with Gasteiger partial charge in [-0.15, -0.1) is 12.4 Å². The maximum absolute atomic E-state index is 13.5. The summed E-state index contributed by atoms with van der Waals surface area (Å²) < 4.78 is 19.0. The number of benzene rings is 2. The maximum Gasteiger partial charge on any atom is 0.233 e. The fraction of sp³-hybridized carbons (Fsp3) is 0.286. The molecule has 30 heavy (non-hydrogen) atoms. The lowest BCUT2D eigenvalue weighted by molar-refractivity contribution is 0.340. The van der Waals surface area contributed by atoms with Crippen molar-refractivity contribution in [1.29, 1.82) is 0 Å². The summed E-state index contributed by atoms with van der Waals surface area (Å²) in [6.45, 7) is 4.39. The van der Waals surface area contributed by atoms with Crippen LogP contribution in [0.4, 0.5) is 33.6 Å².